The second-order valence-electron chi connectivity index (χ2n) is 5.43. The molecule has 0 radical (unpaired) electrons. The fraction of sp³-hybridized carbons (Fsp3) is 0.600. The van der Waals surface area contributed by atoms with Crippen LogP contribution in [0.5, 0.6) is 11.5 Å². The first kappa shape index (κ1) is 16.1. The molecule has 21 heavy (non-hydrogen) atoms. The van der Waals surface area contributed by atoms with Crippen molar-refractivity contribution in [3.05, 3.63) is 23.8 Å². The van der Waals surface area contributed by atoms with Crippen LogP contribution >= 0.6 is 0 Å². The van der Waals surface area contributed by atoms with Crippen LogP contribution in [-0.4, -0.2) is 52.6 Å². The lowest BCUT2D eigenvalue weighted by atomic mass is 10.0. The summed E-state index contributed by atoms with van der Waals surface area (Å²) >= 11 is 0. The van der Waals surface area contributed by atoms with Crippen LogP contribution in [0.3, 0.4) is 0 Å². The zero-order valence-electron chi connectivity index (χ0n) is 12.8. The number of benzene rings is 1. The molecule has 0 spiro atoms. The first-order valence-corrected chi connectivity index (χ1v) is 9.14. The molecule has 1 aromatic rings. The molecule has 2 rings (SSSR count). The topological polar surface area (TPSA) is 55.8 Å². The predicted molar refractivity (Wildman–Crippen MR) is 82.8 cm³/mol. The van der Waals surface area contributed by atoms with Crippen molar-refractivity contribution in [2.45, 2.75) is 18.9 Å². The third-order valence-electron chi connectivity index (χ3n) is 3.91. The van der Waals surface area contributed by atoms with Crippen molar-refractivity contribution in [2.24, 2.45) is 0 Å². The van der Waals surface area contributed by atoms with E-state index in [-0.39, 0.29) is 11.8 Å². The molecule has 0 N–H and O–H groups in total. The molecule has 1 aromatic carbocycles. The van der Waals surface area contributed by atoms with Gasteiger partial charge in [-0.25, -0.2) is 8.42 Å². The SMILES string of the molecule is COc1ccc([C@@H]2CCCN2CCS(C)(=O)=O)c(OC)c1. The molecule has 1 saturated heterocycles. The van der Waals surface area contributed by atoms with Crippen molar-refractivity contribution in [3.8, 4) is 11.5 Å². The maximum Gasteiger partial charge on any atom is 0.148 e. The number of methoxy groups -OCH3 is 2. The molecule has 1 heterocycles. The number of likely N-dealkylation sites (tertiary alicyclic amines) is 1. The Labute approximate surface area is 126 Å². The highest BCUT2D eigenvalue weighted by Gasteiger charge is 2.28. The van der Waals surface area contributed by atoms with E-state index in [1.54, 1.807) is 14.2 Å². The standard InChI is InChI=1S/C15H23NO4S/c1-19-12-6-7-13(15(11-12)20-2)14-5-4-8-16(14)9-10-21(3,17)18/h6-7,11,14H,4-5,8-10H2,1-3H3/t14-/m0/s1. The molecule has 0 unspecified atom stereocenters. The van der Waals surface area contributed by atoms with Gasteiger partial charge < -0.3 is 9.47 Å². The van der Waals surface area contributed by atoms with Crippen LogP contribution in [0.15, 0.2) is 18.2 Å². The molecule has 1 atom stereocenters. The van der Waals surface area contributed by atoms with Gasteiger partial charge in [-0.15, -0.1) is 0 Å². The van der Waals surface area contributed by atoms with Crippen LogP contribution in [0.2, 0.25) is 0 Å². The zero-order chi connectivity index (χ0) is 15.5. The van der Waals surface area contributed by atoms with Crippen molar-refractivity contribution in [3.63, 3.8) is 0 Å². The number of nitrogens with zero attached hydrogens (tertiary/aromatic N) is 1. The number of hydrogen-bond acceptors (Lipinski definition) is 5. The van der Waals surface area contributed by atoms with Gasteiger partial charge in [0.25, 0.3) is 0 Å². The van der Waals surface area contributed by atoms with Gasteiger partial charge in [-0.1, -0.05) is 6.07 Å². The first-order valence-electron chi connectivity index (χ1n) is 7.08. The Morgan fingerprint density at radius 1 is 1.29 bits per heavy atom. The molecular formula is C15H23NO4S. The summed E-state index contributed by atoms with van der Waals surface area (Å²) in [5, 5.41) is 0. The van der Waals surface area contributed by atoms with Crippen LogP contribution in [0, 0.1) is 0 Å². The van der Waals surface area contributed by atoms with Crippen LogP contribution in [0.4, 0.5) is 0 Å². The summed E-state index contributed by atoms with van der Waals surface area (Å²) in [5.74, 6) is 1.75. The Hall–Kier alpha value is -1.27. The van der Waals surface area contributed by atoms with E-state index in [0.29, 0.717) is 6.54 Å². The quantitative estimate of drug-likeness (QED) is 0.803. The summed E-state index contributed by atoms with van der Waals surface area (Å²) in [6, 6.07) is 6.03. The molecule has 0 bridgehead atoms. The molecule has 0 saturated carbocycles. The van der Waals surface area contributed by atoms with Crippen molar-refractivity contribution >= 4 is 9.84 Å². The van der Waals surface area contributed by atoms with Crippen molar-refractivity contribution < 1.29 is 17.9 Å². The third kappa shape index (κ3) is 4.11. The second kappa shape index (κ2) is 6.66. The minimum Gasteiger partial charge on any atom is -0.497 e. The van der Waals surface area contributed by atoms with Gasteiger partial charge in [0.15, 0.2) is 0 Å². The maximum absolute atomic E-state index is 11.4. The van der Waals surface area contributed by atoms with E-state index in [0.717, 1.165) is 36.4 Å². The molecule has 5 nitrogen and oxygen atoms in total. The van der Waals surface area contributed by atoms with Crippen LogP contribution < -0.4 is 9.47 Å². The molecule has 118 valence electrons. The summed E-state index contributed by atoms with van der Waals surface area (Å²) in [6.07, 6.45) is 3.38. The predicted octanol–water partition coefficient (Wildman–Crippen LogP) is 1.89. The highest BCUT2D eigenvalue weighted by Crippen LogP contribution is 2.38. The van der Waals surface area contributed by atoms with Gasteiger partial charge in [-0.05, 0) is 25.5 Å². The van der Waals surface area contributed by atoms with E-state index in [1.807, 2.05) is 18.2 Å². The fourth-order valence-corrected chi connectivity index (χ4v) is 3.39. The normalized spacial score (nSPS) is 19.7. The molecule has 0 aromatic heterocycles. The van der Waals surface area contributed by atoms with Gasteiger partial charge in [0.1, 0.15) is 21.3 Å². The largest absolute Gasteiger partial charge is 0.497 e. The van der Waals surface area contributed by atoms with Crippen LogP contribution in [-0.2, 0) is 9.84 Å². The monoisotopic (exact) mass is 313 g/mol. The molecule has 0 aliphatic carbocycles. The van der Waals surface area contributed by atoms with Gasteiger partial charge in [-0.2, -0.15) is 0 Å². The van der Waals surface area contributed by atoms with E-state index >= 15 is 0 Å². The Balaban J connectivity index is 2.19. The average molecular weight is 313 g/mol. The molecular weight excluding hydrogens is 290 g/mol. The Morgan fingerprint density at radius 2 is 2.05 bits per heavy atom. The van der Waals surface area contributed by atoms with Crippen molar-refractivity contribution in [1.29, 1.82) is 0 Å². The number of rotatable bonds is 6. The molecule has 0 amide bonds. The summed E-state index contributed by atoms with van der Waals surface area (Å²) in [6.45, 7) is 1.49. The molecule has 1 fully saturated rings. The first-order chi connectivity index (χ1) is 9.94. The highest BCUT2D eigenvalue weighted by molar-refractivity contribution is 7.90. The Morgan fingerprint density at radius 3 is 2.67 bits per heavy atom. The Kier molecular flexibility index (Phi) is 5.11. The summed E-state index contributed by atoms with van der Waals surface area (Å²) < 4.78 is 33.4. The number of hydrogen-bond donors (Lipinski definition) is 0. The van der Waals surface area contributed by atoms with E-state index in [4.69, 9.17) is 9.47 Å². The van der Waals surface area contributed by atoms with E-state index in [9.17, 15) is 8.42 Å². The summed E-state index contributed by atoms with van der Waals surface area (Å²) in [7, 11) is 0.338. The van der Waals surface area contributed by atoms with Gasteiger partial charge >= 0.3 is 0 Å². The van der Waals surface area contributed by atoms with E-state index in [2.05, 4.69) is 4.90 Å². The average Bonchev–Trinajstić information content (AvgIpc) is 2.91. The van der Waals surface area contributed by atoms with E-state index in [1.165, 1.54) is 6.26 Å². The number of ether oxygens (including phenoxy) is 2. The third-order valence-corrected chi connectivity index (χ3v) is 4.84. The minimum atomic E-state index is -2.94. The molecule has 6 heteroatoms. The zero-order valence-corrected chi connectivity index (χ0v) is 13.6. The van der Waals surface area contributed by atoms with Gasteiger partial charge in [0.2, 0.25) is 0 Å². The van der Waals surface area contributed by atoms with E-state index < -0.39 is 9.84 Å². The minimum absolute atomic E-state index is 0.196. The smallest absolute Gasteiger partial charge is 0.148 e. The summed E-state index contributed by atoms with van der Waals surface area (Å²) in [4.78, 5) is 2.23. The van der Waals surface area contributed by atoms with Crippen molar-refractivity contribution in [2.75, 3.05) is 39.3 Å². The lowest BCUT2D eigenvalue weighted by Gasteiger charge is -2.26. The second-order valence-corrected chi connectivity index (χ2v) is 7.69. The molecule has 1 aliphatic rings. The fourth-order valence-electron chi connectivity index (χ4n) is 2.82. The van der Waals surface area contributed by atoms with Crippen LogP contribution in [0.25, 0.3) is 0 Å². The summed E-state index contributed by atoms with van der Waals surface area (Å²) in [5.41, 5.74) is 1.10. The molecule has 1 aliphatic heterocycles. The lowest BCUT2D eigenvalue weighted by Crippen LogP contribution is -2.29. The van der Waals surface area contributed by atoms with Gasteiger partial charge in [0.05, 0.1) is 20.0 Å². The maximum atomic E-state index is 11.4. The van der Waals surface area contributed by atoms with Gasteiger partial charge in [-0.3, -0.25) is 4.90 Å². The highest BCUT2D eigenvalue weighted by atomic mass is 32.2. The van der Waals surface area contributed by atoms with Gasteiger partial charge in [0, 0.05) is 30.5 Å². The number of sulfone groups is 1. The lowest BCUT2D eigenvalue weighted by molar-refractivity contribution is 0.265. The Bertz CT molecular complexity index is 585. The van der Waals surface area contributed by atoms with Crippen molar-refractivity contribution in [1.82, 2.24) is 4.90 Å². The van der Waals surface area contributed by atoms with Crippen LogP contribution in [0.1, 0.15) is 24.4 Å².